The van der Waals surface area contributed by atoms with Gasteiger partial charge in [-0.15, -0.1) is 0 Å². The summed E-state index contributed by atoms with van der Waals surface area (Å²) in [6.45, 7) is 14.6. The van der Waals surface area contributed by atoms with Crippen LogP contribution in [0.5, 0.6) is 0 Å². The van der Waals surface area contributed by atoms with Crippen LogP contribution < -0.4 is 0 Å². The smallest absolute Gasteiger partial charge is 0.0655 e. The SMILES string of the molecule is CC(C)(C)c1ccc(C=CCOCC=Cc2ccc(C(C)(C)C)cc2)cc1. The molecule has 0 heterocycles. The van der Waals surface area contributed by atoms with Gasteiger partial charge < -0.3 is 4.74 Å². The summed E-state index contributed by atoms with van der Waals surface area (Å²) in [6.07, 6.45) is 8.36. The monoisotopic (exact) mass is 362 g/mol. The maximum atomic E-state index is 5.66. The zero-order valence-electron chi connectivity index (χ0n) is 17.8. The van der Waals surface area contributed by atoms with Gasteiger partial charge in [-0.3, -0.25) is 0 Å². The van der Waals surface area contributed by atoms with Crippen LogP contribution in [0.15, 0.2) is 60.7 Å². The summed E-state index contributed by atoms with van der Waals surface area (Å²) in [7, 11) is 0. The molecule has 0 atom stereocenters. The van der Waals surface area contributed by atoms with Crippen LogP contribution in [0.2, 0.25) is 0 Å². The molecule has 0 bridgehead atoms. The molecule has 0 N–H and O–H groups in total. The standard InChI is InChI=1S/C26H34O/c1-25(2,3)23-15-11-21(12-16-23)9-7-19-27-20-8-10-22-13-17-24(18-14-22)26(4,5)6/h7-18H,19-20H2,1-6H3. The predicted octanol–water partition coefficient (Wildman–Crippen LogP) is 7.02. The molecule has 0 aromatic heterocycles. The van der Waals surface area contributed by atoms with Crippen LogP contribution >= 0.6 is 0 Å². The van der Waals surface area contributed by atoms with Crippen molar-refractivity contribution >= 4 is 12.2 Å². The molecule has 27 heavy (non-hydrogen) atoms. The number of hydrogen-bond donors (Lipinski definition) is 0. The van der Waals surface area contributed by atoms with Crippen LogP contribution in [0.3, 0.4) is 0 Å². The van der Waals surface area contributed by atoms with E-state index >= 15 is 0 Å². The third kappa shape index (κ3) is 7.19. The first-order chi connectivity index (χ1) is 12.7. The first-order valence-corrected chi connectivity index (χ1v) is 9.78. The van der Waals surface area contributed by atoms with E-state index in [1.807, 2.05) is 0 Å². The topological polar surface area (TPSA) is 9.23 Å². The fourth-order valence-corrected chi connectivity index (χ4v) is 2.76. The Labute approximate surface area is 165 Å². The number of rotatable bonds is 6. The van der Waals surface area contributed by atoms with Crippen molar-refractivity contribution in [2.45, 2.75) is 52.4 Å². The van der Waals surface area contributed by atoms with Crippen LogP contribution in [-0.2, 0) is 15.6 Å². The van der Waals surface area contributed by atoms with E-state index in [2.05, 4.69) is 114 Å². The van der Waals surface area contributed by atoms with Crippen molar-refractivity contribution in [1.29, 1.82) is 0 Å². The van der Waals surface area contributed by atoms with E-state index in [1.165, 1.54) is 22.3 Å². The summed E-state index contributed by atoms with van der Waals surface area (Å²) in [5.41, 5.74) is 5.53. The molecule has 144 valence electrons. The Hall–Kier alpha value is -2.12. The molecule has 2 aromatic rings. The minimum Gasteiger partial charge on any atom is -0.373 e. The first kappa shape index (κ1) is 21.2. The molecule has 0 aliphatic heterocycles. The van der Waals surface area contributed by atoms with Crippen LogP contribution in [0, 0.1) is 0 Å². The zero-order chi connectivity index (χ0) is 19.9. The first-order valence-electron chi connectivity index (χ1n) is 9.78. The van der Waals surface area contributed by atoms with Gasteiger partial charge in [-0.05, 0) is 33.1 Å². The largest absolute Gasteiger partial charge is 0.373 e. The molecule has 0 amide bonds. The van der Waals surface area contributed by atoms with Crippen molar-refractivity contribution in [2.75, 3.05) is 13.2 Å². The second-order valence-electron chi connectivity index (χ2n) is 9.09. The fourth-order valence-electron chi connectivity index (χ4n) is 2.76. The van der Waals surface area contributed by atoms with Crippen molar-refractivity contribution in [2.24, 2.45) is 0 Å². The van der Waals surface area contributed by atoms with Gasteiger partial charge in [-0.2, -0.15) is 0 Å². The van der Waals surface area contributed by atoms with Gasteiger partial charge in [0.15, 0.2) is 0 Å². The molecule has 1 nitrogen and oxygen atoms in total. The maximum Gasteiger partial charge on any atom is 0.0655 e. The molecule has 0 saturated carbocycles. The molecule has 0 unspecified atom stereocenters. The van der Waals surface area contributed by atoms with Crippen molar-refractivity contribution < 1.29 is 4.74 Å². The van der Waals surface area contributed by atoms with E-state index in [-0.39, 0.29) is 10.8 Å². The van der Waals surface area contributed by atoms with Crippen molar-refractivity contribution in [3.63, 3.8) is 0 Å². The molecule has 2 rings (SSSR count). The molecular weight excluding hydrogens is 328 g/mol. The molecule has 1 heteroatoms. The van der Waals surface area contributed by atoms with Crippen LogP contribution in [0.25, 0.3) is 12.2 Å². The predicted molar refractivity (Wildman–Crippen MR) is 119 cm³/mol. The Balaban J connectivity index is 1.73. The second kappa shape index (κ2) is 9.19. The Morgan fingerprint density at radius 3 is 1.22 bits per heavy atom. The third-order valence-electron chi connectivity index (χ3n) is 4.60. The van der Waals surface area contributed by atoms with Gasteiger partial charge in [0, 0.05) is 0 Å². The van der Waals surface area contributed by atoms with E-state index in [0.717, 1.165) is 0 Å². The van der Waals surface area contributed by atoms with Gasteiger partial charge >= 0.3 is 0 Å². The number of ether oxygens (including phenoxy) is 1. The van der Waals surface area contributed by atoms with E-state index in [0.29, 0.717) is 13.2 Å². The normalized spacial score (nSPS) is 13.0. The summed E-state index contributed by atoms with van der Waals surface area (Å²) in [6, 6.07) is 17.5. The highest BCUT2D eigenvalue weighted by molar-refractivity contribution is 5.51. The highest BCUT2D eigenvalue weighted by Crippen LogP contribution is 2.23. The van der Waals surface area contributed by atoms with E-state index < -0.39 is 0 Å². The summed E-state index contributed by atoms with van der Waals surface area (Å²) >= 11 is 0. The molecule has 0 aliphatic carbocycles. The molecule has 0 fully saturated rings. The van der Waals surface area contributed by atoms with Gasteiger partial charge in [-0.25, -0.2) is 0 Å². The quantitative estimate of drug-likeness (QED) is 0.501. The van der Waals surface area contributed by atoms with Crippen molar-refractivity contribution in [3.8, 4) is 0 Å². The lowest BCUT2D eigenvalue weighted by atomic mass is 9.87. The lowest BCUT2D eigenvalue weighted by Gasteiger charge is -2.18. The van der Waals surface area contributed by atoms with E-state index in [9.17, 15) is 0 Å². The maximum absolute atomic E-state index is 5.66. The molecule has 0 saturated heterocycles. The van der Waals surface area contributed by atoms with E-state index in [4.69, 9.17) is 4.74 Å². The molecule has 0 spiro atoms. The third-order valence-corrected chi connectivity index (χ3v) is 4.60. The zero-order valence-corrected chi connectivity index (χ0v) is 17.8. The van der Waals surface area contributed by atoms with Crippen molar-refractivity contribution in [3.05, 3.63) is 82.9 Å². The molecular formula is C26H34O. The average Bonchev–Trinajstić information content (AvgIpc) is 2.60. The van der Waals surface area contributed by atoms with Gasteiger partial charge in [0.1, 0.15) is 0 Å². The number of benzene rings is 2. The minimum absolute atomic E-state index is 0.199. The highest BCUT2D eigenvalue weighted by atomic mass is 16.5. The summed E-state index contributed by atoms with van der Waals surface area (Å²) < 4.78 is 5.66. The number of hydrogen-bond acceptors (Lipinski definition) is 1. The molecule has 0 radical (unpaired) electrons. The Kier molecular flexibility index (Phi) is 7.21. The second-order valence-corrected chi connectivity index (χ2v) is 9.09. The minimum atomic E-state index is 0.199. The van der Waals surface area contributed by atoms with Gasteiger partial charge in [0.2, 0.25) is 0 Å². The Morgan fingerprint density at radius 1 is 0.593 bits per heavy atom. The van der Waals surface area contributed by atoms with E-state index in [1.54, 1.807) is 0 Å². The van der Waals surface area contributed by atoms with Gasteiger partial charge in [0.25, 0.3) is 0 Å². The van der Waals surface area contributed by atoms with Crippen LogP contribution in [-0.4, -0.2) is 13.2 Å². The lowest BCUT2D eigenvalue weighted by molar-refractivity contribution is 0.195. The average molecular weight is 363 g/mol. The van der Waals surface area contributed by atoms with Crippen LogP contribution in [0.4, 0.5) is 0 Å². The summed E-state index contributed by atoms with van der Waals surface area (Å²) in [5.74, 6) is 0. The molecule has 0 aliphatic rings. The van der Waals surface area contributed by atoms with Gasteiger partial charge in [0.05, 0.1) is 13.2 Å². The Morgan fingerprint density at radius 2 is 0.926 bits per heavy atom. The van der Waals surface area contributed by atoms with Crippen molar-refractivity contribution in [1.82, 2.24) is 0 Å². The highest BCUT2D eigenvalue weighted by Gasteiger charge is 2.13. The van der Waals surface area contributed by atoms with Crippen LogP contribution in [0.1, 0.15) is 63.8 Å². The Bertz CT molecular complexity index is 680. The summed E-state index contributed by atoms with van der Waals surface area (Å²) in [4.78, 5) is 0. The fraction of sp³-hybridized carbons (Fsp3) is 0.385. The molecule has 2 aromatic carbocycles. The summed E-state index contributed by atoms with van der Waals surface area (Å²) in [5, 5.41) is 0. The van der Waals surface area contributed by atoms with Gasteiger partial charge in [-0.1, -0.05) is 114 Å². The lowest BCUT2D eigenvalue weighted by Crippen LogP contribution is -2.10.